The van der Waals surface area contributed by atoms with Crippen LogP contribution in [0, 0.1) is 6.92 Å². The van der Waals surface area contributed by atoms with Crippen LogP contribution in [0.5, 0.6) is 0 Å². The van der Waals surface area contributed by atoms with Crippen molar-refractivity contribution in [3.63, 3.8) is 0 Å². The molecular formula is C20H31N3O3. The molecule has 3 amide bonds. The van der Waals surface area contributed by atoms with Gasteiger partial charge >= 0.3 is 12.1 Å². The van der Waals surface area contributed by atoms with E-state index in [1.807, 2.05) is 26.8 Å². The van der Waals surface area contributed by atoms with Gasteiger partial charge in [0.2, 0.25) is 0 Å². The number of piperidine rings is 1. The van der Waals surface area contributed by atoms with Gasteiger partial charge in [-0.3, -0.25) is 0 Å². The first-order chi connectivity index (χ1) is 12.2. The lowest BCUT2D eigenvalue weighted by molar-refractivity contribution is 0.0479. The first kappa shape index (κ1) is 20.1. The van der Waals surface area contributed by atoms with Crippen LogP contribution in [0.1, 0.15) is 44.7 Å². The van der Waals surface area contributed by atoms with Crippen LogP contribution in [0.2, 0.25) is 0 Å². The molecule has 1 atom stereocenters. The molecule has 0 aromatic heterocycles. The lowest BCUT2D eigenvalue weighted by atomic mass is 10.1. The first-order valence-corrected chi connectivity index (χ1v) is 9.31. The number of aryl methyl sites for hydroxylation is 1. The van der Waals surface area contributed by atoms with E-state index in [2.05, 4.69) is 35.8 Å². The molecule has 0 aliphatic carbocycles. The van der Waals surface area contributed by atoms with E-state index >= 15 is 0 Å². The topological polar surface area (TPSA) is 70.7 Å². The number of alkyl carbamates (subject to hydrolysis) is 1. The summed E-state index contributed by atoms with van der Waals surface area (Å²) in [6, 6.07) is 8.15. The number of nitrogens with one attached hydrogen (secondary N) is 2. The summed E-state index contributed by atoms with van der Waals surface area (Å²) in [6.07, 6.45) is 2.10. The second kappa shape index (κ2) is 8.92. The van der Waals surface area contributed by atoms with Crippen molar-refractivity contribution in [1.29, 1.82) is 0 Å². The second-order valence-corrected chi connectivity index (χ2v) is 7.90. The van der Waals surface area contributed by atoms with Crippen LogP contribution >= 0.6 is 0 Å². The zero-order valence-corrected chi connectivity index (χ0v) is 16.3. The number of ether oxygens (including phenoxy) is 1. The number of hydrogen-bond donors (Lipinski definition) is 2. The number of benzene rings is 1. The van der Waals surface area contributed by atoms with Crippen LogP contribution in [0.25, 0.3) is 0 Å². The summed E-state index contributed by atoms with van der Waals surface area (Å²) < 4.78 is 5.29. The molecule has 1 aliphatic rings. The average Bonchev–Trinajstić information content (AvgIpc) is 2.53. The van der Waals surface area contributed by atoms with Gasteiger partial charge in [0.25, 0.3) is 0 Å². The Morgan fingerprint density at radius 2 is 2.08 bits per heavy atom. The van der Waals surface area contributed by atoms with Crippen LogP contribution in [0.15, 0.2) is 24.3 Å². The molecule has 1 aromatic carbocycles. The van der Waals surface area contributed by atoms with E-state index in [9.17, 15) is 9.59 Å². The molecule has 6 heteroatoms. The molecule has 144 valence electrons. The Balaban J connectivity index is 1.75. The van der Waals surface area contributed by atoms with Gasteiger partial charge in [0, 0.05) is 25.7 Å². The molecule has 2 rings (SSSR count). The molecule has 1 fully saturated rings. The van der Waals surface area contributed by atoms with Gasteiger partial charge in [-0.1, -0.05) is 29.8 Å². The van der Waals surface area contributed by atoms with Gasteiger partial charge in [-0.2, -0.15) is 0 Å². The predicted octanol–water partition coefficient (Wildman–Crippen LogP) is 3.24. The SMILES string of the molecule is Cc1cccc(CCNC(=O)N2CCCC(NC(=O)OC(C)(C)C)C2)c1. The lowest BCUT2D eigenvalue weighted by Crippen LogP contribution is -2.53. The summed E-state index contributed by atoms with van der Waals surface area (Å²) >= 11 is 0. The molecule has 0 radical (unpaired) electrons. The molecule has 1 unspecified atom stereocenters. The third-order valence-electron chi connectivity index (χ3n) is 4.20. The Bertz CT molecular complexity index is 625. The molecule has 2 N–H and O–H groups in total. The number of amides is 3. The molecular weight excluding hydrogens is 330 g/mol. The summed E-state index contributed by atoms with van der Waals surface area (Å²) in [5.41, 5.74) is 1.92. The number of nitrogens with zero attached hydrogens (tertiary/aromatic N) is 1. The quantitative estimate of drug-likeness (QED) is 0.865. The standard InChI is InChI=1S/C20H31N3O3/c1-15-7-5-8-16(13-15)10-11-21-18(24)23-12-6-9-17(14-23)22-19(25)26-20(2,3)4/h5,7-8,13,17H,6,9-12,14H2,1-4H3,(H,21,24)(H,22,25). The Labute approximate surface area is 156 Å². The number of urea groups is 1. The maximum absolute atomic E-state index is 12.4. The van der Waals surface area contributed by atoms with Crippen LogP contribution < -0.4 is 10.6 Å². The molecule has 1 aromatic rings. The third kappa shape index (κ3) is 6.94. The zero-order valence-electron chi connectivity index (χ0n) is 16.3. The highest BCUT2D eigenvalue weighted by atomic mass is 16.6. The zero-order chi connectivity index (χ0) is 19.2. The van der Waals surface area contributed by atoms with Gasteiger partial charge in [0.05, 0.1) is 0 Å². The summed E-state index contributed by atoms with van der Waals surface area (Å²) in [7, 11) is 0. The van der Waals surface area contributed by atoms with E-state index in [1.165, 1.54) is 11.1 Å². The largest absolute Gasteiger partial charge is 0.444 e. The van der Waals surface area contributed by atoms with Gasteiger partial charge < -0.3 is 20.3 Å². The van der Waals surface area contributed by atoms with Gasteiger partial charge in [-0.05, 0) is 52.5 Å². The average molecular weight is 361 g/mol. The minimum atomic E-state index is -0.522. The van der Waals surface area contributed by atoms with Crippen LogP contribution in [-0.2, 0) is 11.2 Å². The highest BCUT2D eigenvalue weighted by Crippen LogP contribution is 2.12. The van der Waals surface area contributed by atoms with Crippen molar-refractivity contribution in [1.82, 2.24) is 15.5 Å². The normalized spacial score (nSPS) is 17.5. The van der Waals surface area contributed by atoms with Gasteiger partial charge in [0.15, 0.2) is 0 Å². The summed E-state index contributed by atoms with van der Waals surface area (Å²) in [5.74, 6) is 0. The number of rotatable bonds is 4. The van der Waals surface area contributed by atoms with Gasteiger partial charge in [-0.25, -0.2) is 9.59 Å². The molecule has 0 spiro atoms. The first-order valence-electron chi connectivity index (χ1n) is 9.31. The minimum Gasteiger partial charge on any atom is -0.444 e. The minimum absolute atomic E-state index is 0.0684. The van der Waals surface area contributed by atoms with E-state index in [-0.39, 0.29) is 12.1 Å². The van der Waals surface area contributed by atoms with Gasteiger partial charge in [0.1, 0.15) is 5.60 Å². The number of carbonyl (C=O) groups is 2. The molecule has 1 saturated heterocycles. The highest BCUT2D eigenvalue weighted by Gasteiger charge is 2.26. The van der Waals surface area contributed by atoms with E-state index in [0.29, 0.717) is 19.6 Å². The summed E-state index contributed by atoms with van der Waals surface area (Å²) in [5, 5.41) is 5.84. The second-order valence-electron chi connectivity index (χ2n) is 7.90. The fourth-order valence-corrected chi connectivity index (χ4v) is 3.05. The summed E-state index contributed by atoms with van der Waals surface area (Å²) in [6.45, 7) is 9.39. The Kier molecular flexibility index (Phi) is 6.89. The van der Waals surface area contributed by atoms with Gasteiger partial charge in [-0.15, -0.1) is 0 Å². The van der Waals surface area contributed by atoms with E-state index in [0.717, 1.165) is 19.3 Å². The Morgan fingerprint density at radius 3 is 2.77 bits per heavy atom. The van der Waals surface area contributed by atoms with Crippen molar-refractivity contribution in [2.24, 2.45) is 0 Å². The molecule has 6 nitrogen and oxygen atoms in total. The molecule has 1 heterocycles. The van der Waals surface area contributed by atoms with Crippen molar-refractivity contribution in [3.05, 3.63) is 35.4 Å². The van der Waals surface area contributed by atoms with Crippen LogP contribution in [0.4, 0.5) is 9.59 Å². The van der Waals surface area contributed by atoms with Crippen molar-refractivity contribution in [3.8, 4) is 0 Å². The third-order valence-corrected chi connectivity index (χ3v) is 4.20. The van der Waals surface area contributed by atoms with Crippen LogP contribution in [-0.4, -0.2) is 48.3 Å². The van der Waals surface area contributed by atoms with E-state index in [4.69, 9.17) is 4.74 Å². The van der Waals surface area contributed by atoms with Crippen molar-refractivity contribution in [2.45, 2.75) is 58.6 Å². The highest BCUT2D eigenvalue weighted by molar-refractivity contribution is 5.74. The number of likely N-dealkylation sites (tertiary alicyclic amines) is 1. The monoisotopic (exact) mass is 361 g/mol. The number of hydrogen-bond acceptors (Lipinski definition) is 3. The fourth-order valence-electron chi connectivity index (χ4n) is 3.05. The molecule has 26 heavy (non-hydrogen) atoms. The predicted molar refractivity (Wildman–Crippen MR) is 102 cm³/mol. The lowest BCUT2D eigenvalue weighted by Gasteiger charge is -2.33. The maximum atomic E-state index is 12.4. The number of carbonyl (C=O) groups excluding carboxylic acids is 2. The van der Waals surface area contributed by atoms with Crippen molar-refractivity contribution >= 4 is 12.1 Å². The van der Waals surface area contributed by atoms with Crippen molar-refractivity contribution < 1.29 is 14.3 Å². The van der Waals surface area contributed by atoms with E-state index in [1.54, 1.807) is 4.90 Å². The maximum Gasteiger partial charge on any atom is 0.407 e. The Morgan fingerprint density at radius 1 is 1.31 bits per heavy atom. The molecule has 0 bridgehead atoms. The van der Waals surface area contributed by atoms with E-state index < -0.39 is 11.7 Å². The summed E-state index contributed by atoms with van der Waals surface area (Å²) in [4.78, 5) is 26.1. The smallest absolute Gasteiger partial charge is 0.407 e. The van der Waals surface area contributed by atoms with Crippen molar-refractivity contribution in [2.75, 3.05) is 19.6 Å². The molecule has 1 aliphatic heterocycles. The Hall–Kier alpha value is -2.24. The van der Waals surface area contributed by atoms with Crippen LogP contribution in [0.3, 0.4) is 0 Å². The fraction of sp³-hybridized carbons (Fsp3) is 0.600. The molecule has 0 saturated carbocycles.